The number of likely N-dealkylation sites (tertiary alicyclic amines) is 1. The lowest BCUT2D eigenvalue weighted by Gasteiger charge is -2.36. The molecular weight excluding hydrogens is 583 g/mol. The van der Waals surface area contributed by atoms with Crippen molar-refractivity contribution < 1.29 is 9.53 Å². The van der Waals surface area contributed by atoms with Gasteiger partial charge in [0, 0.05) is 67.3 Å². The second-order valence-electron chi connectivity index (χ2n) is 11.8. The van der Waals surface area contributed by atoms with E-state index in [1.807, 2.05) is 36.7 Å². The summed E-state index contributed by atoms with van der Waals surface area (Å²) in [6, 6.07) is 16.6. The van der Waals surface area contributed by atoms with Gasteiger partial charge in [0.05, 0.1) is 18.5 Å². The van der Waals surface area contributed by atoms with Gasteiger partial charge in [0.15, 0.2) is 5.82 Å². The molecule has 0 saturated carbocycles. The molecule has 2 atom stereocenters. The van der Waals surface area contributed by atoms with Gasteiger partial charge in [-0.1, -0.05) is 50.3 Å². The van der Waals surface area contributed by atoms with Gasteiger partial charge in [0.1, 0.15) is 11.5 Å². The molecule has 0 spiro atoms. The number of ether oxygens (including phenoxy) is 1. The lowest BCUT2D eigenvalue weighted by Crippen LogP contribution is -2.43. The number of aromatic nitrogens is 3. The van der Waals surface area contributed by atoms with Gasteiger partial charge in [-0.2, -0.15) is 5.10 Å². The van der Waals surface area contributed by atoms with Crippen LogP contribution in [-0.4, -0.2) is 64.0 Å². The average Bonchev–Trinajstić information content (AvgIpc) is 3.49. The van der Waals surface area contributed by atoms with Crippen LogP contribution >= 0.6 is 8.58 Å². The Balaban J connectivity index is 1.24. The van der Waals surface area contributed by atoms with Crippen LogP contribution in [0.25, 0.3) is 22.0 Å². The highest BCUT2D eigenvalue weighted by Gasteiger charge is 2.30. The number of piperidine rings is 1. The van der Waals surface area contributed by atoms with Gasteiger partial charge in [-0.05, 0) is 56.5 Å². The Hall–Kier alpha value is -3.95. The smallest absolute Gasteiger partial charge is 0.248 e. The first-order valence-corrected chi connectivity index (χ1v) is 16.6. The van der Waals surface area contributed by atoms with E-state index in [4.69, 9.17) is 25.5 Å². The van der Waals surface area contributed by atoms with E-state index >= 15 is 0 Å². The van der Waals surface area contributed by atoms with Crippen molar-refractivity contribution in [3.63, 3.8) is 0 Å². The van der Waals surface area contributed by atoms with Gasteiger partial charge in [-0.3, -0.25) is 15.1 Å². The van der Waals surface area contributed by atoms with Crippen LogP contribution in [0.1, 0.15) is 49.6 Å². The highest BCUT2D eigenvalue weighted by Crippen LogP contribution is 2.43. The van der Waals surface area contributed by atoms with Crippen molar-refractivity contribution in [3.8, 4) is 11.3 Å². The summed E-state index contributed by atoms with van der Waals surface area (Å²) in [5.74, 6) is 1.08. The molecule has 2 aliphatic heterocycles. The molecule has 0 bridgehead atoms. The lowest BCUT2D eigenvalue weighted by molar-refractivity contribution is -0.111. The lowest BCUT2D eigenvalue weighted by atomic mass is 9.99. The molecule has 2 aliphatic rings. The highest BCUT2D eigenvalue weighted by atomic mass is 31.1. The number of amides is 1. The first-order valence-electron chi connectivity index (χ1n) is 15.5. The first-order chi connectivity index (χ1) is 21.9. The van der Waals surface area contributed by atoms with Crippen molar-refractivity contribution in [1.82, 2.24) is 25.0 Å². The number of nitrogens with zero attached hydrogens (tertiary/aromatic N) is 5. The zero-order valence-electron chi connectivity index (χ0n) is 26.0. The fourth-order valence-corrected chi connectivity index (χ4v) is 7.16. The Morgan fingerprint density at radius 3 is 2.80 bits per heavy atom. The number of fused-ring (bicyclic) bond motifs is 2. The van der Waals surface area contributed by atoms with Crippen molar-refractivity contribution in [3.05, 3.63) is 84.2 Å². The van der Waals surface area contributed by atoms with E-state index in [-0.39, 0.29) is 17.9 Å². The number of nitrogens with two attached hydrogens (primary N) is 1. The standard InChI is InChI=1S/C34H41N8O2P/c1-22(2)29-21-38-42-32(29)40-34(41-16-13-25(35)14-17-41)45-33(42)37-20-24-7-4-5-8-27(24)31-28-11-10-26(19-23(28)12-15-36-31)39-30(43)9-6-18-44-3/h4-12,15,19,21-22,25,33,37,45H,13-14,16-18,20,35H2,1-3H3,(H,39,43)/b9-6+. The number of pyridine rings is 1. The van der Waals surface area contributed by atoms with E-state index in [2.05, 4.69) is 58.3 Å². The molecule has 4 aromatic rings. The Kier molecular flexibility index (Phi) is 9.66. The maximum absolute atomic E-state index is 12.3. The van der Waals surface area contributed by atoms with Crippen molar-refractivity contribution >= 4 is 42.3 Å². The molecule has 2 aromatic carbocycles. The molecule has 1 amide bonds. The normalized spacial score (nSPS) is 17.8. The number of hydrogen-bond acceptors (Lipinski definition) is 8. The van der Waals surface area contributed by atoms with Gasteiger partial charge in [-0.25, -0.2) is 9.67 Å². The summed E-state index contributed by atoms with van der Waals surface area (Å²) in [6.07, 6.45) is 8.94. The average molecular weight is 625 g/mol. The molecule has 2 aromatic heterocycles. The van der Waals surface area contributed by atoms with Crippen LogP contribution in [0.2, 0.25) is 0 Å². The molecule has 0 aliphatic carbocycles. The van der Waals surface area contributed by atoms with Crippen molar-refractivity contribution in [2.24, 2.45) is 10.7 Å². The molecule has 6 rings (SSSR count). The summed E-state index contributed by atoms with van der Waals surface area (Å²) in [5, 5.41) is 13.6. The summed E-state index contributed by atoms with van der Waals surface area (Å²) in [7, 11) is 2.03. The first kappa shape index (κ1) is 31.0. The van der Waals surface area contributed by atoms with Gasteiger partial charge in [0.2, 0.25) is 5.91 Å². The second-order valence-corrected chi connectivity index (χ2v) is 13.1. The number of carbonyl (C=O) groups excluding carboxylic acids is 1. The molecule has 1 fully saturated rings. The number of amidine groups is 1. The Morgan fingerprint density at radius 1 is 1.18 bits per heavy atom. The third kappa shape index (κ3) is 6.99. The van der Waals surface area contributed by atoms with Gasteiger partial charge in [0.25, 0.3) is 0 Å². The van der Waals surface area contributed by atoms with Gasteiger partial charge in [-0.15, -0.1) is 0 Å². The summed E-state index contributed by atoms with van der Waals surface area (Å²) < 4.78 is 7.04. The summed E-state index contributed by atoms with van der Waals surface area (Å²) in [6.45, 7) is 7.29. The van der Waals surface area contributed by atoms with Crippen molar-refractivity contribution in [2.45, 2.75) is 51.1 Å². The van der Waals surface area contributed by atoms with E-state index in [1.54, 1.807) is 13.2 Å². The Labute approximate surface area is 265 Å². The van der Waals surface area contributed by atoms with Crippen LogP contribution in [0, 0.1) is 0 Å². The molecule has 2 unspecified atom stereocenters. The van der Waals surface area contributed by atoms with Crippen LogP contribution in [-0.2, 0) is 16.1 Å². The van der Waals surface area contributed by atoms with Crippen LogP contribution < -0.4 is 16.4 Å². The summed E-state index contributed by atoms with van der Waals surface area (Å²) in [5.41, 5.74) is 12.4. The number of hydrogen-bond donors (Lipinski definition) is 3. The monoisotopic (exact) mass is 624 g/mol. The summed E-state index contributed by atoms with van der Waals surface area (Å²) in [4.78, 5) is 24.7. The topological polar surface area (TPSA) is 123 Å². The second kappa shape index (κ2) is 14.0. The molecule has 1 saturated heterocycles. The maximum Gasteiger partial charge on any atom is 0.248 e. The third-order valence-electron chi connectivity index (χ3n) is 8.30. The van der Waals surface area contributed by atoms with E-state index < -0.39 is 0 Å². The molecule has 4 heterocycles. The molecule has 4 N–H and O–H groups in total. The number of anilines is 1. The summed E-state index contributed by atoms with van der Waals surface area (Å²) >= 11 is 0. The zero-order chi connectivity index (χ0) is 31.3. The number of benzene rings is 2. The predicted octanol–water partition coefficient (Wildman–Crippen LogP) is 5.71. The molecule has 234 valence electrons. The predicted molar refractivity (Wildman–Crippen MR) is 183 cm³/mol. The molecular formula is C34H41N8O2P. The maximum atomic E-state index is 12.3. The van der Waals surface area contributed by atoms with Gasteiger partial charge < -0.3 is 20.7 Å². The molecule has 45 heavy (non-hydrogen) atoms. The minimum Gasteiger partial charge on any atom is -0.381 e. The molecule has 0 radical (unpaired) electrons. The number of rotatable bonds is 9. The van der Waals surface area contributed by atoms with E-state index in [1.165, 1.54) is 11.6 Å². The minimum atomic E-state index is -0.196. The van der Waals surface area contributed by atoms with E-state index in [0.29, 0.717) is 27.7 Å². The van der Waals surface area contributed by atoms with Crippen LogP contribution in [0.15, 0.2) is 78.1 Å². The molecule has 11 heteroatoms. The quantitative estimate of drug-likeness (QED) is 0.161. The van der Waals surface area contributed by atoms with E-state index in [0.717, 1.165) is 70.6 Å². The number of carbonyl (C=O) groups is 1. The number of aliphatic imine (C=N–C) groups is 1. The highest BCUT2D eigenvalue weighted by molar-refractivity contribution is 7.58. The fraction of sp³-hybridized carbons (Fsp3) is 0.353. The minimum absolute atomic E-state index is 0.00626. The molecule has 10 nitrogen and oxygen atoms in total. The van der Waals surface area contributed by atoms with Crippen LogP contribution in [0.5, 0.6) is 0 Å². The number of methoxy groups -OCH3 is 1. The Morgan fingerprint density at radius 2 is 2.00 bits per heavy atom. The van der Waals surface area contributed by atoms with Crippen LogP contribution in [0.3, 0.4) is 0 Å². The van der Waals surface area contributed by atoms with Gasteiger partial charge >= 0.3 is 0 Å². The SMILES string of the molecule is COC/C=C/C(=O)Nc1ccc2c(-c3ccccc3CNC3PC(N4CCC(N)CC4)=Nc4c(C(C)C)cnn43)nccc2c1. The van der Waals surface area contributed by atoms with Crippen LogP contribution in [0.4, 0.5) is 11.5 Å². The number of nitrogens with one attached hydrogen (secondary N) is 2. The van der Waals surface area contributed by atoms with E-state index in [9.17, 15) is 4.79 Å². The third-order valence-corrected chi connectivity index (χ3v) is 9.71. The van der Waals surface area contributed by atoms with Crippen molar-refractivity contribution in [2.75, 3.05) is 32.1 Å². The largest absolute Gasteiger partial charge is 0.381 e. The Bertz CT molecular complexity index is 1720. The zero-order valence-corrected chi connectivity index (χ0v) is 27.0. The fourth-order valence-electron chi connectivity index (χ4n) is 5.83. The van der Waals surface area contributed by atoms with Crippen molar-refractivity contribution in [1.29, 1.82) is 0 Å².